The van der Waals surface area contributed by atoms with Crippen molar-refractivity contribution in [1.29, 1.82) is 0 Å². The molecule has 0 radical (unpaired) electrons. The number of nitrogens with zero attached hydrogens (tertiary/aromatic N) is 1. The molecule has 0 fully saturated rings. The van der Waals surface area contributed by atoms with Crippen LogP contribution in [0.3, 0.4) is 0 Å². The first-order valence-electron chi connectivity index (χ1n) is 6.72. The van der Waals surface area contributed by atoms with E-state index in [9.17, 15) is 0 Å². The SMILES string of the molecule is CCN=C1Nc2ccccc2/C(=C/c2ccccc2)S1. The van der Waals surface area contributed by atoms with Gasteiger partial charge < -0.3 is 5.32 Å². The number of amidine groups is 1. The maximum atomic E-state index is 4.50. The van der Waals surface area contributed by atoms with Gasteiger partial charge in [0.25, 0.3) is 0 Å². The fourth-order valence-electron chi connectivity index (χ4n) is 2.13. The summed E-state index contributed by atoms with van der Waals surface area (Å²) in [6, 6.07) is 18.8. The van der Waals surface area contributed by atoms with Crippen LogP contribution in [0, 0.1) is 0 Å². The number of fused-ring (bicyclic) bond motifs is 1. The molecule has 0 saturated carbocycles. The van der Waals surface area contributed by atoms with Gasteiger partial charge in [-0.15, -0.1) is 0 Å². The summed E-state index contributed by atoms with van der Waals surface area (Å²) in [5.74, 6) is 0. The summed E-state index contributed by atoms with van der Waals surface area (Å²) in [5.41, 5.74) is 3.57. The predicted octanol–water partition coefficient (Wildman–Crippen LogP) is 4.72. The highest BCUT2D eigenvalue weighted by Gasteiger charge is 2.18. The Morgan fingerprint density at radius 2 is 1.80 bits per heavy atom. The molecule has 2 nitrogen and oxygen atoms in total. The summed E-state index contributed by atoms with van der Waals surface area (Å²) in [4.78, 5) is 5.74. The fraction of sp³-hybridized carbons (Fsp3) is 0.118. The van der Waals surface area contributed by atoms with E-state index in [4.69, 9.17) is 0 Å². The molecule has 0 saturated heterocycles. The highest BCUT2D eigenvalue weighted by atomic mass is 32.2. The molecule has 100 valence electrons. The van der Waals surface area contributed by atoms with E-state index in [1.54, 1.807) is 11.8 Å². The van der Waals surface area contributed by atoms with Crippen LogP contribution in [0.4, 0.5) is 5.69 Å². The number of nitrogens with one attached hydrogen (secondary N) is 1. The summed E-state index contributed by atoms with van der Waals surface area (Å²) < 4.78 is 0. The standard InChI is InChI=1S/C17H16N2S/c1-2-18-17-19-15-11-7-6-10-14(15)16(20-17)12-13-8-4-3-5-9-13/h3-12H,2H2,1H3,(H,18,19)/b16-12-. The third-order valence-corrected chi connectivity index (χ3v) is 4.02. The molecule has 0 aromatic heterocycles. The number of hydrogen-bond donors (Lipinski definition) is 1. The Bertz CT molecular complexity index is 660. The van der Waals surface area contributed by atoms with Gasteiger partial charge in [-0.1, -0.05) is 60.3 Å². The van der Waals surface area contributed by atoms with Crippen LogP contribution < -0.4 is 5.32 Å². The first kappa shape index (κ1) is 13.0. The molecule has 3 heteroatoms. The zero-order valence-electron chi connectivity index (χ0n) is 11.3. The third-order valence-electron chi connectivity index (χ3n) is 3.04. The molecule has 0 bridgehead atoms. The van der Waals surface area contributed by atoms with Crippen molar-refractivity contribution < 1.29 is 0 Å². The molecule has 0 unspecified atom stereocenters. The Morgan fingerprint density at radius 1 is 1.05 bits per heavy atom. The number of thioether (sulfide) groups is 1. The Morgan fingerprint density at radius 3 is 2.60 bits per heavy atom. The largest absolute Gasteiger partial charge is 0.334 e. The first-order valence-corrected chi connectivity index (χ1v) is 7.54. The van der Waals surface area contributed by atoms with Gasteiger partial charge in [-0.3, -0.25) is 4.99 Å². The van der Waals surface area contributed by atoms with Gasteiger partial charge in [-0.25, -0.2) is 0 Å². The van der Waals surface area contributed by atoms with Crippen LogP contribution in [-0.2, 0) is 0 Å². The van der Waals surface area contributed by atoms with Crippen LogP contribution in [0.25, 0.3) is 11.0 Å². The molecule has 0 amide bonds. The van der Waals surface area contributed by atoms with Crippen LogP contribution in [0.1, 0.15) is 18.1 Å². The Hall–Kier alpha value is -2.00. The van der Waals surface area contributed by atoms with Gasteiger partial charge in [0.2, 0.25) is 0 Å². The number of aliphatic imine (C=N–C) groups is 1. The Balaban J connectivity index is 2.05. The zero-order valence-corrected chi connectivity index (χ0v) is 12.2. The molecular formula is C17H16N2S. The van der Waals surface area contributed by atoms with E-state index in [0.717, 1.165) is 17.4 Å². The fourth-order valence-corrected chi connectivity index (χ4v) is 3.18. The van der Waals surface area contributed by atoms with Crippen molar-refractivity contribution >= 4 is 33.6 Å². The van der Waals surface area contributed by atoms with Crippen molar-refractivity contribution in [3.63, 3.8) is 0 Å². The van der Waals surface area contributed by atoms with Gasteiger partial charge in [0, 0.05) is 22.7 Å². The minimum atomic E-state index is 0.788. The average molecular weight is 280 g/mol. The molecule has 2 aromatic carbocycles. The van der Waals surface area contributed by atoms with E-state index in [-0.39, 0.29) is 0 Å². The summed E-state index contributed by atoms with van der Waals surface area (Å²) >= 11 is 1.69. The van der Waals surface area contributed by atoms with Crippen molar-refractivity contribution in [3.8, 4) is 0 Å². The van der Waals surface area contributed by atoms with E-state index in [1.807, 2.05) is 12.1 Å². The van der Waals surface area contributed by atoms with Crippen LogP contribution in [0.15, 0.2) is 59.6 Å². The van der Waals surface area contributed by atoms with Crippen molar-refractivity contribution in [2.24, 2.45) is 4.99 Å². The molecule has 0 atom stereocenters. The summed E-state index contributed by atoms with van der Waals surface area (Å²) in [6.45, 7) is 2.84. The number of rotatable bonds is 2. The maximum Gasteiger partial charge on any atom is 0.165 e. The summed E-state index contributed by atoms with van der Waals surface area (Å²) in [7, 11) is 0. The van der Waals surface area contributed by atoms with E-state index in [2.05, 4.69) is 65.8 Å². The predicted molar refractivity (Wildman–Crippen MR) is 89.9 cm³/mol. The summed E-state index contributed by atoms with van der Waals surface area (Å²) in [5, 5.41) is 4.35. The van der Waals surface area contributed by atoms with Crippen molar-refractivity contribution in [2.75, 3.05) is 11.9 Å². The highest BCUT2D eigenvalue weighted by molar-refractivity contribution is 8.22. The van der Waals surface area contributed by atoms with Crippen molar-refractivity contribution in [2.45, 2.75) is 6.92 Å². The van der Waals surface area contributed by atoms with Gasteiger partial charge in [0.05, 0.1) is 0 Å². The second-order valence-electron chi connectivity index (χ2n) is 4.47. The smallest absolute Gasteiger partial charge is 0.165 e. The number of benzene rings is 2. The van der Waals surface area contributed by atoms with E-state index >= 15 is 0 Å². The van der Waals surface area contributed by atoms with Crippen LogP contribution >= 0.6 is 11.8 Å². The average Bonchev–Trinajstić information content (AvgIpc) is 2.49. The molecule has 1 heterocycles. The van der Waals surface area contributed by atoms with E-state index in [0.29, 0.717) is 0 Å². The zero-order chi connectivity index (χ0) is 13.8. The minimum Gasteiger partial charge on any atom is -0.334 e. The van der Waals surface area contributed by atoms with Gasteiger partial charge in [-0.2, -0.15) is 0 Å². The molecule has 20 heavy (non-hydrogen) atoms. The molecular weight excluding hydrogens is 264 g/mol. The Kier molecular flexibility index (Phi) is 3.88. The first-order chi connectivity index (χ1) is 9.86. The monoisotopic (exact) mass is 280 g/mol. The molecule has 1 aliphatic rings. The second kappa shape index (κ2) is 5.97. The van der Waals surface area contributed by atoms with E-state index < -0.39 is 0 Å². The second-order valence-corrected chi connectivity index (χ2v) is 5.50. The number of anilines is 1. The summed E-state index contributed by atoms with van der Waals surface area (Å²) in [6.07, 6.45) is 2.22. The van der Waals surface area contributed by atoms with E-state index in [1.165, 1.54) is 16.0 Å². The van der Waals surface area contributed by atoms with Crippen molar-refractivity contribution in [1.82, 2.24) is 0 Å². The highest BCUT2D eigenvalue weighted by Crippen LogP contribution is 2.39. The lowest BCUT2D eigenvalue weighted by Gasteiger charge is -2.21. The van der Waals surface area contributed by atoms with Gasteiger partial charge >= 0.3 is 0 Å². The molecule has 3 rings (SSSR count). The molecule has 2 aromatic rings. The third kappa shape index (κ3) is 2.78. The normalized spacial score (nSPS) is 17.9. The van der Waals surface area contributed by atoms with Crippen LogP contribution in [0.5, 0.6) is 0 Å². The topological polar surface area (TPSA) is 24.4 Å². The van der Waals surface area contributed by atoms with Gasteiger partial charge in [0.15, 0.2) is 5.17 Å². The number of para-hydroxylation sites is 1. The molecule has 0 aliphatic carbocycles. The lowest BCUT2D eigenvalue weighted by molar-refractivity contribution is 1.13. The molecule has 0 spiro atoms. The minimum absolute atomic E-state index is 0.788. The van der Waals surface area contributed by atoms with Gasteiger partial charge in [0.1, 0.15) is 0 Å². The molecule has 1 N–H and O–H groups in total. The Labute approximate surface area is 123 Å². The van der Waals surface area contributed by atoms with Crippen molar-refractivity contribution in [3.05, 3.63) is 65.7 Å². The molecule has 1 aliphatic heterocycles. The lowest BCUT2D eigenvalue weighted by atomic mass is 10.1. The number of hydrogen-bond acceptors (Lipinski definition) is 2. The van der Waals surface area contributed by atoms with Gasteiger partial charge in [-0.05, 0) is 24.6 Å². The van der Waals surface area contributed by atoms with Crippen LogP contribution in [0.2, 0.25) is 0 Å². The maximum absolute atomic E-state index is 4.50. The van der Waals surface area contributed by atoms with Crippen LogP contribution in [-0.4, -0.2) is 11.7 Å². The lowest BCUT2D eigenvalue weighted by Crippen LogP contribution is -2.14. The quantitative estimate of drug-likeness (QED) is 0.860.